The Bertz CT molecular complexity index is 2080. The van der Waals surface area contributed by atoms with Gasteiger partial charge in [-0.15, -0.1) is 0 Å². The number of aromatic amines is 2. The van der Waals surface area contributed by atoms with E-state index in [1.807, 2.05) is 66.1 Å². The van der Waals surface area contributed by atoms with Crippen LogP contribution in [-0.2, 0) is 17.7 Å². The maximum absolute atomic E-state index is 13.5. The Balaban J connectivity index is 1.21. The van der Waals surface area contributed by atoms with E-state index in [4.69, 9.17) is 18.6 Å². The van der Waals surface area contributed by atoms with Crippen LogP contribution < -0.4 is 15.1 Å². The van der Waals surface area contributed by atoms with Crippen LogP contribution in [0.2, 0.25) is 0 Å². The number of fused-ring (bicyclic) bond motifs is 2. The zero-order valence-corrected chi connectivity index (χ0v) is 22.9. The maximum atomic E-state index is 13.5. The van der Waals surface area contributed by atoms with Gasteiger partial charge in [-0.3, -0.25) is 14.1 Å². The fourth-order valence-electron chi connectivity index (χ4n) is 5.48. The molecule has 2 N–H and O–H groups in total. The van der Waals surface area contributed by atoms with Crippen LogP contribution >= 0.6 is 0 Å². The van der Waals surface area contributed by atoms with Crippen LogP contribution in [0.5, 0.6) is 6.01 Å². The number of H-pyrrole nitrogens is 2. The standard InChI is InChI=1S/C30H24N6O7/c1-2-40-29-31-22-9-5-8-21(28(37)41-24-15-14-23-25(24)33-43-36(23)39)26(22)35(29)16-17-10-12-18(13-11-17)19-6-3-4-7-20(19)27-32-30(38)42-34-27/h3-13,24H,2,14-16H2,1H3,(H-,32,33,34,38,39)/p+1. The Kier molecular flexibility index (Phi) is 6.46. The molecule has 0 fully saturated rings. The summed E-state index contributed by atoms with van der Waals surface area (Å²) in [5.41, 5.74) is 5.85. The minimum atomic E-state index is -0.621. The van der Waals surface area contributed by atoms with Crippen LogP contribution in [0.1, 0.15) is 46.8 Å². The molecule has 7 rings (SSSR count). The lowest BCUT2D eigenvalue weighted by Gasteiger charge is -2.14. The molecule has 0 spiro atoms. The third-order valence-corrected chi connectivity index (χ3v) is 7.44. The topological polar surface area (TPSA) is 164 Å². The first-order valence-electron chi connectivity index (χ1n) is 13.7. The summed E-state index contributed by atoms with van der Waals surface area (Å²) in [6, 6.07) is 21.1. The van der Waals surface area contributed by atoms with Gasteiger partial charge in [0.1, 0.15) is 0 Å². The minimum Gasteiger partial charge on any atom is -0.465 e. The molecule has 3 aromatic carbocycles. The van der Waals surface area contributed by atoms with Gasteiger partial charge < -0.3 is 9.47 Å². The molecular formula is C30H25N6O7+. The molecule has 1 unspecified atom stereocenters. The number of carbonyl (C=O) groups excluding carboxylic acids is 1. The van der Waals surface area contributed by atoms with Crippen LogP contribution in [0, 0.1) is 4.91 Å². The first-order chi connectivity index (χ1) is 21.0. The van der Waals surface area contributed by atoms with Crippen LogP contribution in [0.15, 0.2) is 80.7 Å². The Labute approximate surface area is 242 Å². The molecule has 43 heavy (non-hydrogen) atoms. The zero-order valence-electron chi connectivity index (χ0n) is 22.9. The van der Waals surface area contributed by atoms with E-state index >= 15 is 0 Å². The number of rotatable bonds is 8. The summed E-state index contributed by atoms with van der Waals surface area (Å²) in [4.78, 5) is 44.1. The molecule has 13 heteroatoms. The van der Waals surface area contributed by atoms with Gasteiger partial charge in [0.15, 0.2) is 16.5 Å². The minimum absolute atomic E-state index is 0.329. The average Bonchev–Trinajstić information content (AvgIpc) is 3.80. The number of esters is 1. The molecule has 3 heterocycles. The normalized spacial score (nSPS) is 14.2. The summed E-state index contributed by atoms with van der Waals surface area (Å²) >= 11 is 0. The van der Waals surface area contributed by atoms with Crippen LogP contribution in [0.25, 0.3) is 33.5 Å². The predicted octanol–water partition coefficient (Wildman–Crippen LogP) is 4.17. The first kappa shape index (κ1) is 26.2. The largest absolute Gasteiger partial charge is 0.465 e. The molecule has 13 nitrogen and oxygen atoms in total. The molecule has 1 aliphatic carbocycles. The summed E-state index contributed by atoms with van der Waals surface area (Å²) in [6.07, 6.45) is 0.301. The number of hydrogen-bond donors (Lipinski definition) is 2. The highest BCUT2D eigenvalue weighted by atomic mass is 16.7. The molecule has 216 valence electrons. The molecule has 1 atom stereocenters. The number of nitrogens with one attached hydrogen (secondary N) is 2. The molecule has 0 bridgehead atoms. The van der Waals surface area contributed by atoms with Crippen molar-refractivity contribution in [1.29, 1.82) is 0 Å². The van der Waals surface area contributed by atoms with Gasteiger partial charge in [-0.1, -0.05) is 69.5 Å². The van der Waals surface area contributed by atoms with Gasteiger partial charge >= 0.3 is 11.7 Å². The quantitative estimate of drug-likeness (QED) is 0.251. The van der Waals surface area contributed by atoms with Gasteiger partial charge in [0.25, 0.3) is 6.01 Å². The second kappa shape index (κ2) is 10.6. The molecular weight excluding hydrogens is 556 g/mol. The van der Waals surface area contributed by atoms with Gasteiger partial charge in [-0.2, -0.15) is 4.98 Å². The molecule has 3 aromatic heterocycles. The number of benzene rings is 3. The van der Waals surface area contributed by atoms with Crippen molar-refractivity contribution < 1.29 is 28.0 Å². The third-order valence-electron chi connectivity index (χ3n) is 7.44. The van der Waals surface area contributed by atoms with Crippen LogP contribution in [0.4, 0.5) is 0 Å². The van der Waals surface area contributed by atoms with Gasteiger partial charge in [-0.25, -0.2) is 9.59 Å². The second-order valence-corrected chi connectivity index (χ2v) is 10.0. The summed E-state index contributed by atoms with van der Waals surface area (Å²) < 4.78 is 23.5. The van der Waals surface area contributed by atoms with Crippen molar-refractivity contribution in [1.82, 2.24) is 24.8 Å². The number of aromatic nitrogens is 6. The van der Waals surface area contributed by atoms with Crippen molar-refractivity contribution in [2.75, 3.05) is 6.61 Å². The summed E-state index contributed by atoms with van der Waals surface area (Å²) in [6.45, 7) is 2.63. The molecule has 1 aliphatic rings. The van der Waals surface area contributed by atoms with E-state index in [-0.39, 0.29) is 0 Å². The number of hydrogen-bond acceptors (Lipinski definition) is 9. The van der Waals surface area contributed by atoms with Gasteiger partial charge in [0.05, 0.1) is 29.7 Å². The van der Waals surface area contributed by atoms with Crippen molar-refractivity contribution in [2.45, 2.75) is 32.4 Å². The van der Waals surface area contributed by atoms with E-state index in [9.17, 15) is 14.5 Å². The lowest BCUT2D eigenvalue weighted by molar-refractivity contribution is -0.719. The van der Waals surface area contributed by atoms with Gasteiger partial charge in [0.2, 0.25) is 11.4 Å². The summed E-state index contributed by atoms with van der Waals surface area (Å²) in [7, 11) is 0. The fourth-order valence-corrected chi connectivity index (χ4v) is 5.48. The average molecular weight is 582 g/mol. The van der Waals surface area contributed by atoms with E-state index in [0.29, 0.717) is 70.4 Å². The van der Waals surface area contributed by atoms with Crippen LogP contribution in [0.3, 0.4) is 0 Å². The molecule has 0 radical (unpaired) electrons. The first-order valence-corrected chi connectivity index (χ1v) is 13.7. The second-order valence-electron chi connectivity index (χ2n) is 10.0. The highest BCUT2D eigenvalue weighted by Crippen LogP contribution is 2.34. The summed E-state index contributed by atoms with van der Waals surface area (Å²) in [5.74, 6) is -0.816. The number of para-hydroxylation sites is 1. The van der Waals surface area contributed by atoms with E-state index in [0.717, 1.165) is 22.3 Å². The Morgan fingerprint density at radius 2 is 1.91 bits per heavy atom. The summed E-state index contributed by atoms with van der Waals surface area (Å²) in [5, 5.41) is 6.40. The van der Waals surface area contributed by atoms with E-state index < -0.39 is 17.8 Å². The monoisotopic (exact) mass is 581 g/mol. The molecule has 0 amide bonds. The highest BCUT2D eigenvalue weighted by Gasteiger charge is 2.38. The van der Waals surface area contributed by atoms with E-state index in [1.165, 1.54) is 0 Å². The fraction of sp³-hybridized carbons (Fsp3) is 0.200. The molecule has 0 saturated carbocycles. The lowest BCUT2D eigenvalue weighted by Crippen LogP contribution is -2.14. The molecule has 0 saturated heterocycles. The zero-order chi connectivity index (χ0) is 29.5. The lowest BCUT2D eigenvalue weighted by atomic mass is 9.98. The van der Waals surface area contributed by atoms with Crippen LogP contribution in [-0.4, -0.2) is 37.4 Å². The van der Waals surface area contributed by atoms with Gasteiger partial charge in [-0.05, 0) is 40.7 Å². The van der Waals surface area contributed by atoms with Crippen molar-refractivity contribution >= 4 is 17.0 Å². The van der Waals surface area contributed by atoms with E-state index in [1.54, 1.807) is 12.1 Å². The number of ether oxygens (including phenoxy) is 2. The Morgan fingerprint density at radius 1 is 1.09 bits per heavy atom. The number of carbonyl (C=O) groups is 1. The number of imidazole rings is 1. The molecule has 0 aliphatic heterocycles. The van der Waals surface area contributed by atoms with Crippen molar-refractivity contribution in [2.24, 2.45) is 0 Å². The van der Waals surface area contributed by atoms with Crippen molar-refractivity contribution in [3.05, 3.63) is 105 Å². The van der Waals surface area contributed by atoms with E-state index in [2.05, 4.69) is 20.3 Å². The van der Waals surface area contributed by atoms with Crippen molar-refractivity contribution in [3.63, 3.8) is 0 Å². The molecule has 6 aromatic rings. The smallest absolute Gasteiger partial charge is 0.439 e. The van der Waals surface area contributed by atoms with Gasteiger partial charge in [0, 0.05) is 18.4 Å². The third kappa shape index (κ3) is 4.70. The maximum Gasteiger partial charge on any atom is 0.439 e. The Hall–Kier alpha value is -5.72. The Morgan fingerprint density at radius 3 is 2.67 bits per heavy atom. The number of nitrogens with zero attached hydrogens (tertiary/aromatic N) is 4. The van der Waals surface area contributed by atoms with Crippen molar-refractivity contribution in [3.8, 4) is 28.5 Å². The predicted molar refractivity (Wildman–Crippen MR) is 151 cm³/mol. The SMILES string of the molecule is CCOc1nc2cccc(C(=O)OC3CCc4c3[nH]o[n+]4=O)c2n1Cc1ccc(-c2ccccc2-c2noc(=O)[nH]2)cc1. The highest BCUT2D eigenvalue weighted by molar-refractivity contribution is 6.02.